The average Bonchev–Trinajstić information content (AvgIpc) is 3.65. The van der Waals surface area contributed by atoms with Crippen molar-refractivity contribution in [3.63, 3.8) is 0 Å². The molecule has 7 aromatic carbocycles. The Labute approximate surface area is 322 Å². The number of fused-ring (bicyclic) bond motifs is 3. The zero-order valence-electron chi connectivity index (χ0n) is 29.5. The lowest BCUT2D eigenvalue weighted by Gasteiger charge is -2.12. The van der Waals surface area contributed by atoms with Crippen molar-refractivity contribution < 1.29 is 0 Å². The van der Waals surface area contributed by atoms with Crippen LogP contribution in [0.5, 0.6) is 0 Å². The topological polar surface area (TPSA) is 64.5 Å². The van der Waals surface area contributed by atoms with Crippen LogP contribution in [0, 0.1) is 0 Å². The molecule has 0 N–H and O–H groups in total. The highest BCUT2D eigenvalue weighted by atomic mass is 32.1. The van der Waals surface area contributed by atoms with Crippen molar-refractivity contribution >= 4 is 31.5 Å². The van der Waals surface area contributed by atoms with Crippen LogP contribution in [0.25, 0.3) is 99.4 Å². The first-order chi connectivity index (χ1) is 27.2. The summed E-state index contributed by atoms with van der Waals surface area (Å²) in [6.45, 7) is 0. The SMILES string of the molecule is c1ccc(-c2nc(-c3cccc(-c4cccc(-c5nc(-c6ccccc6)nc(-c6ccccc6)n5)c4)c3)cc(-c3ccc4c(c3)sc3ccccc34)n2)cc1. The molecular formula is C49H31N5S. The Bertz CT molecular complexity index is 2920. The number of hydrogen-bond acceptors (Lipinski definition) is 6. The maximum atomic E-state index is 5.14. The van der Waals surface area contributed by atoms with Crippen molar-refractivity contribution in [1.82, 2.24) is 24.9 Å². The molecule has 0 aliphatic carbocycles. The monoisotopic (exact) mass is 721 g/mol. The summed E-state index contributed by atoms with van der Waals surface area (Å²) in [4.78, 5) is 25.1. The van der Waals surface area contributed by atoms with Crippen LogP contribution >= 0.6 is 11.3 Å². The van der Waals surface area contributed by atoms with Crippen LogP contribution in [0.4, 0.5) is 0 Å². The summed E-state index contributed by atoms with van der Waals surface area (Å²) in [5.74, 6) is 2.58. The highest BCUT2D eigenvalue weighted by Gasteiger charge is 2.15. The predicted octanol–water partition coefficient (Wildman–Crippen LogP) is 12.7. The largest absolute Gasteiger partial charge is 0.228 e. The molecule has 0 aliphatic rings. The number of rotatable bonds is 7. The molecule has 258 valence electrons. The molecule has 0 unspecified atom stereocenters. The van der Waals surface area contributed by atoms with Gasteiger partial charge < -0.3 is 0 Å². The molecule has 5 nitrogen and oxygen atoms in total. The third-order valence-electron chi connectivity index (χ3n) is 9.74. The zero-order chi connectivity index (χ0) is 36.6. The van der Waals surface area contributed by atoms with Gasteiger partial charge in [-0.05, 0) is 41.5 Å². The first-order valence-corrected chi connectivity index (χ1v) is 19.0. The van der Waals surface area contributed by atoms with E-state index in [1.807, 2.05) is 90.2 Å². The van der Waals surface area contributed by atoms with Crippen molar-refractivity contribution in [3.05, 3.63) is 188 Å². The van der Waals surface area contributed by atoms with Crippen LogP contribution < -0.4 is 0 Å². The van der Waals surface area contributed by atoms with Gasteiger partial charge in [-0.2, -0.15) is 0 Å². The fourth-order valence-corrected chi connectivity index (χ4v) is 8.12. The maximum Gasteiger partial charge on any atom is 0.164 e. The summed E-state index contributed by atoms with van der Waals surface area (Å²) in [5.41, 5.74) is 9.68. The molecule has 0 saturated carbocycles. The Kier molecular flexibility index (Phi) is 8.28. The zero-order valence-corrected chi connectivity index (χ0v) is 30.4. The average molecular weight is 722 g/mol. The minimum Gasteiger partial charge on any atom is -0.228 e. The van der Waals surface area contributed by atoms with Crippen LogP contribution in [0.1, 0.15) is 0 Å². The first kappa shape index (κ1) is 32.5. The molecule has 10 rings (SSSR count). The molecule has 3 heterocycles. The minimum absolute atomic E-state index is 0.620. The molecule has 0 spiro atoms. The van der Waals surface area contributed by atoms with Crippen LogP contribution in [-0.2, 0) is 0 Å². The van der Waals surface area contributed by atoms with Crippen molar-refractivity contribution in [1.29, 1.82) is 0 Å². The lowest BCUT2D eigenvalue weighted by Crippen LogP contribution is -2.00. The summed E-state index contributed by atoms with van der Waals surface area (Å²) in [7, 11) is 0. The third kappa shape index (κ3) is 6.45. The number of thiophene rings is 1. The van der Waals surface area contributed by atoms with E-state index in [-0.39, 0.29) is 0 Å². The fourth-order valence-electron chi connectivity index (χ4n) is 6.98. The van der Waals surface area contributed by atoms with Gasteiger partial charge in [0.2, 0.25) is 0 Å². The van der Waals surface area contributed by atoms with E-state index in [0.29, 0.717) is 23.3 Å². The molecule has 10 aromatic rings. The van der Waals surface area contributed by atoms with Crippen molar-refractivity contribution in [2.75, 3.05) is 0 Å². The highest BCUT2D eigenvalue weighted by molar-refractivity contribution is 7.25. The Balaban J connectivity index is 1.06. The van der Waals surface area contributed by atoms with Gasteiger partial charge in [-0.1, -0.05) is 158 Å². The minimum atomic E-state index is 0.620. The van der Waals surface area contributed by atoms with E-state index in [9.17, 15) is 0 Å². The number of hydrogen-bond donors (Lipinski definition) is 0. The molecule has 0 bridgehead atoms. The molecule has 0 amide bonds. The van der Waals surface area contributed by atoms with Gasteiger partial charge in [0.1, 0.15) is 0 Å². The van der Waals surface area contributed by atoms with Crippen LogP contribution in [0.2, 0.25) is 0 Å². The lowest BCUT2D eigenvalue weighted by molar-refractivity contribution is 1.07. The first-order valence-electron chi connectivity index (χ1n) is 18.2. The van der Waals surface area contributed by atoms with E-state index < -0.39 is 0 Å². The van der Waals surface area contributed by atoms with Crippen molar-refractivity contribution in [3.8, 4) is 79.2 Å². The van der Waals surface area contributed by atoms with Crippen LogP contribution in [0.3, 0.4) is 0 Å². The molecule has 6 heteroatoms. The van der Waals surface area contributed by atoms with E-state index in [1.165, 1.54) is 20.2 Å². The lowest BCUT2D eigenvalue weighted by atomic mass is 9.99. The second-order valence-corrected chi connectivity index (χ2v) is 14.4. The second kappa shape index (κ2) is 14.0. The second-order valence-electron chi connectivity index (χ2n) is 13.3. The molecule has 0 radical (unpaired) electrons. The Morgan fingerprint density at radius 3 is 1.27 bits per heavy atom. The van der Waals surface area contributed by atoms with E-state index in [4.69, 9.17) is 24.9 Å². The van der Waals surface area contributed by atoms with Gasteiger partial charge in [0, 0.05) is 53.6 Å². The Morgan fingerprint density at radius 1 is 0.255 bits per heavy atom. The van der Waals surface area contributed by atoms with E-state index in [2.05, 4.69) is 109 Å². The molecule has 0 aliphatic heterocycles. The summed E-state index contributed by atoms with van der Waals surface area (Å²) in [5, 5.41) is 2.55. The van der Waals surface area contributed by atoms with Gasteiger partial charge in [-0.3, -0.25) is 0 Å². The molecule has 0 atom stereocenters. The fraction of sp³-hybridized carbons (Fsp3) is 0. The van der Waals surface area contributed by atoms with Crippen molar-refractivity contribution in [2.45, 2.75) is 0 Å². The van der Waals surface area contributed by atoms with Gasteiger partial charge in [-0.25, -0.2) is 24.9 Å². The molecule has 0 fully saturated rings. The molecule has 0 saturated heterocycles. The number of nitrogens with zero attached hydrogens (tertiary/aromatic N) is 5. The van der Waals surface area contributed by atoms with Gasteiger partial charge in [-0.15, -0.1) is 11.3 Å². The normalized spacial score (nSPS) is 11.3. The quantitative estimate of drug-likeness (QED) is 0.164. The van der Waals surface area contributed by atoms with Gasteiger partial charge in [0.05, 0.1) is 11.4 Å². The number of benzene rings is 7. The maximum absolute atomic E-state index is 5.14. The summed E-state index contributed by atoms with van der Waals surface area (Å²) >= 11 is 1.81. The van der Waals surface area contributed by atoms with E-state index >= 15 is 0 Å². The smallest absolute Gasteiger partial charge is 0.164 e. The summed E-state index contributed by atoms with van der Waals surface area (Å²) < 4.78 is 2.53. The van der Waals surface area contributed by atoms with Gasteiger partial charge in [0.15, 0.2) is 23.3 Å². The van der Waals surface area contributed by atoms with Gasteiger partial charge in [0.25, 0.3) is 0 Å². The summed E-state index contributed by atoms with van der Waals surface area (Å²) in [6, 6.07) is 64.6. The number of aromatic nitrogens is 5. The predicted molar refractivity (Wildman–Crippen MR) is 226 cm³/mol. The van der Waals surface area contributed by atoms with Crippen molar-refractivity contribution in [2.24, 2.45) is 0 Å². The molecule has 3 aromatic heterocycles. The molecule has 55 heavy (non-hydrogen) atoms. The van der Waals surface area contributed by atoms with E-state index in [1.54, 1.807) is 0 Å². The Hall–Kier alpha value is -7.15. The summed E-state index contributed by atoms with van der Waals surface area (Å²) in [6.07, 6.45) is 0. The van der Waals surface area contributed by atoms with Gasteiger partial charge >= 0.3 is 0 Å². The third-order valence-corrected chi connectivity index (χ3v) is 10.9. The van der Waals surface area contributed by atoms with Crippen LogP contribution in [-0.4, -0.2) is 24.9 Å². The molecular weight excluding hydrogens is 691 g/mol. The van der Waals surface area contributed by atoms with E-state index in [0.717, 1.165) is 55.9 Å². The highest BCUT2D eigenvalue weighted by Crippen LogP contribution is 2.37. The Morgan fingerprint density at radius 2 is 0.673 bits per heavy atom. The van der Waals surface area contributed by atoms with Crippen LogP contribution in [0.15, 0.2) is 188 Å². The standard InChI is InChI=1S/C49H31N5S/c1-4-14-32(15-5-1)46-50-42(31-43(51-46)38-26-27-41-40-24-10-11-25-44(40)55-45(41)30-38)37-22-12-20-35(28-37)36-21-13-23-39(29-36)49-53-47(33-16-6-2-7-17-33)52-48(54-49)34-18-8-3-9-19-34/h1-31H.